The molecule has 0 fully saturated rings. The molecule has 0 unspecified atom stereocenters. The zero-order chi connectivity index (χ0) is 31.6. The van der Waals surface area contributed by atoms with Gasteiger partial charge in [-0.15, -0.1) is 0 Å². The maximum absolute atomic E-state index is 2.34. The predicted octanol–water partition coefficient (Wildman–Crippen LogP) is 13.6. The maximum atomic E-state index is 2.34. The number of benzene rings is 10. The fourth-order valence-electron chi connectivity index (χ4n) is 8.04. The Bertz CT molecular complexity index is 2730. The minimum absolute atomic E-state index is 1.23. The molecule has 0 amide bonds. The van der Waals surface area contributed by atoms with Gasteiger partial charge in [0.25, 0.3) is 0 Å². The first-order valence-corrected chi connectivity index (χ1v) is 16.7. The Morgan fingerprint density at radius 3 is 1.38 bits per heavy atom. The molecule has 0 N–H and O–H groups in total. The molecule has 0 aliphatic carbocycles. The van der Waals surface area contributed by atoms with Crippen molar-refractivity contribution in [1.82, 2.24) is 0 Å². The Morgan fingerprint density at radius 2 is 0.708 bits per heavy atom. The lowest BCUT2D eigenvalue weighted by Crippen LogP contribution is -1.91. The van der Waals surface area contributed by atoms with E-state index in [1.807, 2.05) is 0 Å². The molecule has 0 aliphatic heterocycles. The van der Waals surface area contributed by atoms with Gasteiger partial charge in [-0.1, -0.05) is 176 Å². The molecule has 0 aromatic heterocycles. The minimum Gasteiger partial charge on any atom is -0.0622 e. The van der Waals surface area contributed by atoms with Crippen LogP contribution in [0.2, 0.25) is 0 Å². The zero-order valence-electron chi connectivity index (χ0n) is 26.3. The molecule has 0 heterocycles. The second-order valence-corrected chi connectivity index (χ2v) is 12.8. The van der Waals surface area contributed by atoms with E-state index in [9.17, 15) is 0 Å². The molecule has 0 radical (unpaired) electrons. The topological polar surface area (TPSA) is 0 Å². The molecule has 222 valence electrons. The van der Waals surface area contributed by atoms with Crippen LogP contribution in [0.15, 0.2) is 182 Å². The van der Waals surface area contributed by atoms with Crippen LogP contribution in [0, 0.1) is 0 Å². The highest BCUT2D eigenvalue weighted by Gasteiger charge is 2.18. The van der Waals surface area contributed by atoms with Crippen molar-refractivity contribution in [2.75, 3.05) is 0 Å². The van der Waals surface area contributed by atoms with Crippen molar-refractivity contribution in [1.29, 1.82) is 0 Å². The Kier molecular flexibility index (Phi) is 5.98. The highest BCUT2D eigenvalue weighted by atomic mass is 14.2. The van der Waals surface area contributed by atoms with Gasteiger partial charge in [0, 0.05) is 0 Å². The quantitative estimate of drug-likeness (QED) is 0.138. The molecular weight excluding hydrogens is 577 g/mol. The van der Waals surface area contributed by atoms with E-state index >= 15 is 0 Å². The molecule has 0 nitrogen and oxygen atoms in total. The summed E-state index contributed by atoms with van der Waals surface area (Å²) in [6.07, 6.45) is 0. The van der Waals surface area contributed by atoms with E-state index in [4.69, 9.17) is 0 Å². The van der Waals surface area contributed by atoms with Crippen LogP contribution in [0.25, 0.3) is 98.4 Å². The Hall–Kier alpha value is -6.24. The van der Waals surface area contributed by atoms with Gasteiger partial charge >= 0.3 is 0 Å². The van der Waals surface area contributed by atoms with Crippen molar-refractivity contribution in [2.24, 2.45) is 0 Å². The van der Waals surface area contributed by atoms with Crippen molar-refractivity contribution in [3.05, 3.63) is 182 Å². The van der Waals surface area contributed by atoms with Crippen LogP contribution in [0.1, 0.15) is 0 Å². The largest absolute Gasteiger partial charge is 0.0622 e. The number of hydrogen-bond acceptors (Lipinski definition) is 0. The van der Waals surface area contributed by atoms with Crippen LogP contribution in [0.4, 0.5) is 0 Å². The molecule has 0 aliphatic rings. The Morgan fingerprint density at radius 1 is 0.229 bits per heavy atom. The minimum atomic E-state index is 1.23. The average Bonchev–Trinajstić information content (AvgIpc) is 3.16. The van der Waals surface area contributed by atoms with Crippen LogP contribution >= 0.6 is 0 Å². The van der Waals surface area contributed by atoms with Gasteiger partial charge in [-0.2, -0.15) is 0 Å². The fourth-order valence-corrected chi connectivity index (χ4v) is 8.04. The van der Waals surface area contributed by atoms with Crippen molar-refractivity contribution in [2.45, 2.75) is 0 Å². The molecule has 48 heavy (non-hydrogen) atoms. The summed E-state index contributed by atoms with van der Waals surface area (Å²) in [7, 11) is 0. The molecule has 0 spiro atoms. The molecule has 0 heteroatoms. The summed E-state index contributed by atoms with van der Waals surface area (Å²) in [6, 6.07) is 67.0. The van der Waals surface area contributed by atoms with Gasteiger partial charge in [-0.3, -0.25) is 0 Å². The van der Waals surface area contributed by atoms with Gasteiger partial charge in [0.1, 0.15) is 0 Å². The number of hydrogen-bond donors (Lipinski definition) is 0. The average molecular weight is 607 g/mol. The van der Waals surface area contributed by atoms with E-state index in [2.05, 4.69) is 182 Å². The Labute approximate surface area is 279 Å². The normalized spacial score (nSPS) is 11.8. The van der Waals surface area contributed by atoms with Crippen LogP contribution in [-0.4, -0.2) is 0 Å². The Balaban J connectivity index is 1.15. The van der Waals surface area contributed by atoms with Crippen molar-refractivity contribution >= 4 is 53.9 Å². The molecule has 0 saturated heterocycles. The van der Waals surface area contributed by atoms with Crippen LogP contribution < -0.4 is 0 Å². The summed E-state index contributed by atoms with van der Waals surface area (Å²) in [5.74, 6) is 0. The lowest BCUT2D eigenvalue weighted by Gasteiger charge is -2.18. The van der Waals surface area contributed by atoms with Crippen LogP contribution in [-0.2, 0) is 0 Å². The summed E-state index contributed by atoms with van der Waals surface area (Å²) >= 11 is 0. The molecule has 10 rings (SSSR count). The maximum Gasteiger partial charge on any atom is -0.00206 e. The third kappa shape index (κ3) is 4.10. The lowest BCUT2D eigenvalue weighted by atomic mass is 9.85. The van der Waals surface area contributed by atoms with Crippen molar-refractivity contribution in [3.8, 4) is 44.5 Å². The number of fused-ring (bicyclic) bond motifs is 2. The third-order valence-corrected chi connectivity index (χ3v) is 10.2. The van der Waals surface area contributed by atoms with Gasteiger partial charge < -0.3 is 0 Å². The van der Waals surface area contributed by atoms with Crippen LogP contribution in [0.5, 0.6) is 0 Å². The molecule has 0 bridgehead atoms. The van der Waals surface area contributed by atoms with E-state index in [0.29, 0.717) is 0 Å². The smallest absolute Gasteiger partial charge is 0.00206 e. The molecule has 0 atom stereocenters. The second kappa shape index (κ2) is 10.7. The van der Waals surface area contributed by atoms with E-state index in [1.165, 1.54) is 98.4 Å². The fraction of sp³-hybridized carbons (Fsp3) is 0. The first kappa shape index (κ1) is 26.9. The lowest BCUT2D eigenvalue weighted by molar-refractivity contribution is 1.61. The van der Waals surface area contributed by atoms with Gasteiger partial charge in [-0.25, -0.2) is 0 Å². The van der Waals surface area contributed by atoms with Crippen molar-refractivity contribution in [3.63, 3.8) is 0 Å². The van der Waals surface area contributed by atoms with Gasteiger partial charge in [0.15, 0.2) is 0 Å². The van der Waals surface area contributed by atoms with E-state index in [0.717, 1.165) is 0 Å². The summed E-state index contributed by atoms with van der Waals surface area (Å²) in [6.45, 7) is 0. The summed E-state index contributed by atoms with van der Waals surface area (Å²) < 4.78 is 0. The summed E-state index contributed by atoms with van der Waals surface area (Å²) in [5, 5.41) is 13.0. The first-order chi connectivity index (χ1) is 23.8. The van der Waals surface area contributed by atoms with E-state index in [1.54, 1.807) is 0 Å². The second-order valence-electron chi connectivity index (χ2n) is 12.8. The SMILES string of the molecule is c1ccc(-c2cccc(-c3c4ccccc4c(-c4ccc(-c5ccc6ccc7cccc8ccc5c6c78)cc4)c4ccccc34)c2)cc1. The molecular formula is C48H30. The first-order valence-electron chi connectivity index (χ1n) is 16.7. The molecule has 10 aromatic carbocycles. The molecule has 10 aromatic rings. The zero-order valence-corrected chi connectivity index (χ0v) is 26.3. The highest BCUT2D eigenvalue weighted by molar-refractivity contribution is 6.26. The predicted molar refractivity (Wildman–Crippen MR) is 207 cm³/mol. The standard InChI is InChI=1S/C48H30/c1-2-10-31(11-3-1)37-14-9-15-38(30-37)47-42-18-6-4-16-40(42)46(41-17-5-7-19-43(41)47)35-22-20-32(21-23-35)39-28-26-36-25-24-33-12-8-13-34-27-29-44(39)48(36)45(33)34/h1-30H. The summed E-state index contributed by atoms with van der Waals surface area (Å²) in [4.78, 5) is 0. The van der Waals surface area contributed by atoms with Crippen molar-refractivity contribution < 1.29 is 0 Å². The third-order valence-electron chi connectivity index (χ3n) is 10.2. The summed E-state index contributed by atoms with van der Waals surface area (Å²) in [5.41, 5.74) is 10.0. The van der Waals surface area contributed by atoms with Gasteiger partial charge in [0.05, 0.1) is 0 Å². The van der Waals surface area contributed by atoms with E-state index < -0.39 is 0 Å². The van der Waals surface area contributed by atoms with Gasteiger partial charge in [0.2, 0.25) is 0 Å². The number of rotatable bonds is 4. The van der Waals surface area contributed by atoms with E-state index in [-0.39, 0.29) is 0 Å². The monoisotopic (exact) mass is 606 g/mol. The highest BCUT2D eigenvalue weighted by Crippen LogP contribution is 2.45. The van der Waals surface area contributed by atoms with Crippen LogP contribution in [0.3, 0.4) is 0 Å². The molecule has 0 saturated carbocycles. The van der Waals surface area contributed by atoms with Gasteiger partial charge in [-0.05, 0) is 104 Å².